The van der Waals surface area contributed by atoms with Gasteiger partial charge < -0.3 is 4.90 Å². The number of thiazole rings is 1. The normalized spacial score (nSPS) is 11.3. The van der Waals surface area contributed by atoms with Gasteiger partial charge in [-0.25, -0.2) is 4.98 Å². The van der Waals surface area contributed by atoms with E-state index in [9.17, 15) is 4.79 Å². The molecule has 3 aromatic rings. The van der Waals surface area contributed by atoms with Gasteiger partial charge >= 0.3 is 0 Å². The number of anilines is 1. The topological polar surface area (TPSA) is 36.4 Å². The van der Waals surface area contributed by atoms with E-state index in [2.05, 4.69) is 20.8 Å². The fourth-order valence-electron chi connectivity index (χ4n) is 2.59. The molecule has 0 aliphatic heterocycles. The van der Waals surface area contributed by atoms with E-state index < -0.39 is 0 Å². The number of carbonyl (C=O) groups is 1. The van der Waals surface area contributed by atoms with Crippen LogP contribution in [0.1, 0.15) is 15.9 Å². The molecule has 0 N–H and O–H groups in total. The Kier molecular flexibility index (Phi) is 5.97. The van der Waals surface area contributed by atoms with Crippen LogP contribution in [0, 0.1) is 6.92 Å². The molecule has 1 aromatic heterocycles. The van der Waals surface area contributed by atoms with Gasteiger partial charge in [-0.2, -0.15) is 0 Å². The van der Waals surface area contributed by atoms with Crippen molar-refractivity contribution in [2.45, 2.75) is 6.92 Å². The first-order chi connectivity index (χ1) is 12.3. The number of aryl methyl sites for hydroxylation is 1. The van der Waals surface area contributed by atoms with Gasteiger partial charge in [0.05, 0.1) is 10.2 Å². The second-order valence-corrected chi connectivity index (χ2v) is 8.69. The number of benzene rings is 2. The number of nitrogens with zero attached hydrogens (tertiary/aromatic N) is 3. The number of aromatic nitrogens is 1. The fourth-order valence-corrected chi connectivity index (χ4v) is 4.30. The van der Waals surface area contributed by atoms with Gasteiger partial charge in [0.15, 0.2) is 5.13 Å². The molecule has 0 aliphatic carbocycles. The SMILES string of the molecule is Cc1cc(Cl)cc2sc(N(CCN(C)C)C(=O)c3ccc(Br)cc3)nc12. The van der Waals surface area contributed by atoms with Crippen molar-refractivity contribution in [2.75, 3.05) is 32.1 Å². The molecule has 1 amide bonds. The van der Waals surface area contributed by atoms with Crippen LogP contribution in [-0.4, -0.2) is 43.0 Å². The van der Waals surface area contributed by atoms with Gasteiger partial charge in [0.2, 0.25) is 0 Å². The van der Waals surface area contributed by atoms with Crippen LogP contribution in [0.15, 0.2) is 40.9 Å². The van der Waals surface area contributed by atoms with Crippen LogP contribution < -0.4 is 4.90 Å². The lowest BCUT2D eigenvalue weighted by Gasteiger charge is -2.22. The van der Waals surface area contributed by atoms with E-state index in [0.717, 1.165) is 26.8 Å². The van der Waals surface area contributed by atoms with Crippen molar-refractivity contribution in [1.29, 1.82) is 0 Å². The van der Waals surface area contributed by atoms with Gasteiger partial charge in [-0.1, -0.05) is 38.9 Å². The van der Waals surface area contributed by atoms with Crippen LogP contribution in [0.25, 0.3) is 10.2 Å². The summed E-state index contributed by atoms with van der Waals surface area (Å²) >= 11 is 11.1. The lowest BCUT2D eigenvalue weighted by molar-refractivity contribution is 0.0985. The van der Waals surface area contributed by atoms with Crippen molar-refractivity contribution in [1.82, 2.24) is 9.88 Å². The van der Waals surface area contributed by atoms with E-state index in [0.29, 0.717) is 22.3 Å². The molecule has 7 heteroatoms. The third-order valence-electron chi connectivity index (χ3n) is 3.98. The predicted molar refractivity (Wildman–Crippen MR) is 114 cm³/mol. The van der Waals surface area contributed by atoms with Gasteiger partial charge in [-0.3, -0.25) is 9.69 Å². The first-order valence-corrected chi connectivity index (χ1v) is 10.1. The Labute approximate surface area is 170 Å². The molecular weight excluding hydrogens is 434 g/mol. The lowest BCUT2D eigenvalue weighted by atomic mass is 10.2. The average molecular weight is 453 g/mol. The van der Waals surface area contributed by atoms with E-state index >= 15 is 0 Å². The maximum atomic E-state index is 13.1. The van der Waals surface area contributed by atoms with E-state index in [-0.39, 0.29) is 5.91 Å². The van der Waals surface area contributed by atoms with Crippen LogP contribution in [0.2, 0.25) is 5.02 Å². The van der Waals surface area contributed by atoms with Crippen LogP contribution in [0.4, 0.5) is 5.13 Å². The minimum absolute atomic E-state index is 0.0536. The molecule has 4 nitrogen and oxygen atoms in total. The number of carbonyl (C=O) groups excluding carboxylic acids is 1. The van der Waals surface area contributed by atoms with Crippen LogP contribution >= 0.6 is 38.9 Å². The predicted octanol–water partition coefficient (Wildman–Crippen LogP) is 5.23. The number of halogens is 2. The summed E-state index contributed by atoms with van der Waals surface area (Å²) in [5.41, 5.74) is 2.55. The summed E-state index contributed by atoms with van der Waals surface area (Å²) in [5.74, 6) is -0.0536. The Balaban J connectivity index is 2.01. The number of hydrogen-bond acceptors (Lipinski definition) is 4. The highest BCUT2D eigenvalue weighted by atomic mass is 79.9. The van der Waals surface area contributed by atoms with Crippen LogP contribution in [0.3, 0.4) is 0 Å². The quantitative estimate of drug-likeness (QED) is 0.532. The molecule has 0 atom stereocenters. The maximum absolute atomic E-state index is 13.1. The third-order valence-corrected chi connectivity index (χ3v) is 5.75. The van der Waals surface area contributed by atoms with Gasteiger partial charge in [0.1, 0.15) is 0 Å². The Morgan fingerprint density at radius 1 is 1.19 bits per heavy atom. The third kappa shape index (κ3) is 4.26. The van der Waals surface area contributed by atoms with Gasteiger partial charge in [0, 0.05) is 28.1 Å². The molecule has 0 saturated carbocycles. The molecule has 0 unspecified atom stereocenters. The molecule has 0 aliphatic rings. The monoisotopic (exact) mass is 451 g/mol. The van der Waals surface area contributed by atoms with Gasteiger partial charge in [-0.15, -0.1) is 0 Å². The zero-order valence-corrected chi connectivity index (χ0v) is 18.0. The van der Waals surface area contributed by atoms with Crippen LogP contribution in [0.5, 0.6) is 0 Å². The second kappa shape index (κ2) is 8.05. The van der Waals surface area contributed by atoms with Crippen molar-refractivity contribution in [3.05, 3.63) is 57.0 Å². The molecule has 0 fully saturated rings. The average Bonchev–Trinajstić information content (AvgIpc) is 2.99. The Hall–Kier alpha value is -1.47. The molecular formula is C19H19BrClN3OS. The molecule has 0 radical (unpaired) electrons. The summed E-state index contributed by atoms with van der Waals surface area (Å²) in [6.45, 7) is 3.30. The minimum Gasteiger partial charge on any atom is -0.308 e. The molecule has 0 saturated heterocycles. The summed E-state index contributed by atoms with van der Waals surface area (Å²) in [5, 5.41) is 1.38. The van der Waals surface area contributed by atoms with Gasteiger partial charge in [0.25, 0.3) is 5.91 Å². The lowest BCUT2D eigenvalue weighted by Crippen LogP contribution is -2.36. The Morgan fingerprint density at radius 3 is 2.54 bits per heavy atom. The largest absolute Gasteiger partial charge is 0.308 e. The van der Waals surface area contributed by atoms with Crippen molar-refractivity contribution in [2.24, 2.45) is 0 Å². The molecule has 2 aromatic carbocycles. The molecule has 0 spiro atoms. The first-order valence-electron chi connectivity index (χ1n) is 8.14. The van der Waals surface area contributed by atoms with E-state index in [1.54, 1.807) is 4.90 Å². The van der Waals surface area contributed by atoms with Crippen molar-refractivity contribution in [3.8, 4) is 0 Å². The second-order valence-electron chi connectivity index (χ2n) is 6.33. The number of hydrogen-bond donors (Lipinski definition) is 0. The van der Waals surface area contributed by atoms with Crippen molar-refractivity contribution in [3.63, 3.8) is 0 Å². The van der Waals surface area contributed by atoms with E-state index in [1.807, 2.05) is 57.4 Å². The maximum Gasteiger partial charge on any atom is 0.260 e. The van der Waals surface area contributed by atoms with E-state index in [4.69, 9.17) is 16.6 Å². The highest BCUT2D eigenvalue weighted by Crippen LogP contribution is 2.33. The Bertz CT molecular complexity index is 940. The fraction of sp³-hybridized carbons (Fsp3) is 0.263. The number of amides is 1. The highest BCUT2D eigenvalue weighted by molar-refractivity contribution is 9.10. The standard InChI is InChI=1S/C19H19BrClN3OS/c1-12-10-15(21)11-16-17(12)22-19(26-16)24(9-8-23(2)3)18(25)13-4-6-14(20)7-5-13/h4-7,10-11H,8-9H2,1-3H3. The molecule has 3 rings (SSSR count). The van der Waals surface area contributed by atoms with Crippen molar-refractivity contribution >= 4 is 60.1 Å². The summed E-state index contributed by atoms with van der Waals surface area (Å²) in [4.78, 5) is 21.7. The summed E-state index contributed by atoms with van der Waals surface area (Å²) in [7, 11) is 3.98. The molecule has 136 valence electrons. The number of likely N-dealkylation sites (N-methyl/N-ethyl adjacent to an activating group) is 1. The number of fused-ring (bicyclic) bond motifs is 1. The zero-order chi connectivity index (χ0) is 18.8. The zero-order valence-electron chi connectivity index (χ0n) is 14.8. The minimum atomic E-state index is -0.0536. The smallest absolute Gasteiger partial charge is 0.260 e. The van der Waals surface area contributed by atoms with Crippen molar-refractivity contribution < 1.29 is 4.79 Å². The number of rotatable bonds is 5. The molecule has 1 heterocycles. The first kappa shape index (κ1) is 19.3. The summed E-state index contributed by atoms with van der Waals surface area (Å²) in [6, 6.07) is 11.2. The molecule has 0 bridgehead atoms. The summed E-state index contributed by atoms with van der Waals surface area (Å²) < 4.78 is 1.93. The summed E-state index contributed by atoms with van der Waals surface area (Å²) in [6.07, 6.45) is 0. The Morgan fingerprint density at radius 2 is 1.88 bits per heavy atom. The van der Waals surface area contributed by atoms with Crippen LogP contribution in [-0.2, 0) is 0 Å². The highest BCUT2D eigenvalue weighted by Gasteiger charge is 2.22. The van der Waals surface area contributed by atoms with E-state index in [1.165, 1.54) is 11.3 Å². The molecule has 26 heavy (non-hydrogen) atoms. The van der Waals surface area contributed by atoms with Gasteiger partial charge in [-0.05, 0) is 63.0 Å².